The van der Waals surface area contributed by atoms with Crippen LogP contribution in [0, 0.1) is 0 Å². The number of likely N-dealkylation sites (N-methyl/N-ethyl adjacent to an activating group) is 1. The Labute approximate surface area is 102 Å². The van der Waals surface area contributed by atoms with Crippen LogP contribution in [0.4, 0.5) is 0 Å². The number of hydrogen-bond acceptors (Lipinski definition) is 3. The number of hydrogen-bond donors (Lipinski definition) is 2. The number of aliphatic carboxylic acids is 1. The number of carbonyl (C=O) groups is 1. The van der Waals surface area contributed by atoms with Crippen molar-refractivity contribution in [2.75, 3.05) is 20.3 Å². The molecule has 1 unspecified atom stereocenters. The summed E-state index contributed by atoms with van der Waals surface area (Å²) in [5.41, 5.74) is -0.470. The van der Waals surface area contributed by atoms with Gasteiger partial charge in [-0.25, -0.2) is 4.79 Å². The molecule has 94 valence electrons. The van der Waals surface area contributed by atoms with Crippen LogP contribution in [0.2, 0.25) is 0 Å². The minimum atomic E-state index is -1.17. The maximum atomic E-state index is 11.5. The Morgan fingerprint density at radius 1 is 1.41 bits per heavy atom. The average molecular weight is 237 g/mol. The van der Waals surface area contributed by atoms with Crippen molar-refractivity contribution in [3.8, 4) is 0 Å². The Balaban J connectivity index is 2.97. The van der Waals surface area contributed by atoms with Gasteiger partial charge in [0.05, 0.1) is 6.61 Å². The third-order valence-corrected chi connectivity index (χ3v) is 2.73. The molecule has 0 aromatic heterocycles. The fourth-order valence-electron chi connectivity index (χ4n) is 1.68. The fraction of sp³-hybridized carbons (Fsp3) is 0.462. The predicted molar refractivity (Wildman–Crippen MR) is 65.9 cm³/mol. The highest BCUT2D eigenvalue weighted by molar-refractivity contribution is 5.81. The summed E-state index contributed by atoms with van der Waals surface area (Å²) in [4.78, 5) is 11.5. The molecule has 0 aliphatic rings. The highest BCUT2D eigenvalue weighted by atomic mass is 16.5. The van der Waals surface area contributed by atoms with E-state index in [0.29, 0.717) is 12.2 Å². The van der Waals surface area contributed by atoms with Crippen LogP contribution in [0.5, 0.6) is 0 Å². The van der Waals surface area contributed by atoms with Crippen molar-refractivity contribution in [2.24, 2.45) is 0 Å². The first-order valence-electron chi connectivity index (χ1n) is 5.73. The summed E-state index contributed by atoms with van der Waals surface area (Å²) in [7, 11) is 1.64. The van der Waals surface area contributed by atoms with Crippen LogP contribution in [-0.2, 0) is 15.1 Å². The van der Waals surface area contributed by atoms with E-state index in [2.05, 4.69) is 5.32 Å². The second-order valence-electron chi connectivity index (χ2n) is 3.88. The third kappa shape index (κ3) is 3.05. The molecule has 1 rings (SSSR count). The van der Waals surface area contributed by atoms with Crippen LogP contribution in [0.15, 0.2) is 30.3 Å². The molecule has 0 amide bonds. The monoisotopic (exact) mass is 237 g/mol. The fourth-order valence-corrected chi connectivity index (χ4v) is 1.68. The molecule has 0 bridgehead atoms. The van der Waals surface area contributed by atoms with Gasteiger partial charge in [0.25, 0.3) is 0 Å². The molecule has 0 radical (unpaired) electrons. The lowest BCUT2D eigenvalue weighted by Crippen LogP contribution is -2.51. The van der Waals surface area contributed by atoms with Crippen molar-refractivity contribution in [2.45, 2.75) is 18.9 Å². The molecule has 1 aromatic carbocycles. The van der Waals surface area contributed by atoms with E-state index < -0.39 is 11.5 Å². The molecule has 4 nitrogen and oxygen atoms in total. The SMILES string of the molecule is CCCOCC(NC)(C(=O)O)c1ccccc1. The van der Waals surface area contributed by atoms with Gasteiger partial charge >= 0.3 is 5.97 Å². The van der Waals surface area contributed by atoms with Crippen molar-refractivity contribution < 1.29 is 14.6 Å². The van der Waals surface area contributed by atoms with E-state index in [1.807, 2.05) is 25.1 Å². The maximum absolute atomic E-state index is 11.5. The molecule has 0 saturated carbocycles. The van der Waals surface area contributed by atoms with Crippen molar-refractivity contribution in [3.63, 3.8) is 0 Å². The largest absolute Gasteiger partial charge is 0.480 e. The Kier molecular flexibility index (Phi) is 5.12. The van der Waals surface area contributed by atoms with Gasteiger partial charge in [0.1, 0.15) is 0 Å². The quantitative estimate of drug-likeness (QED) is 0.707. The van der Waals surface area contributed by atoms with Gasteiger partial charge in [-0.15, -0.1) is 0 Å². The molecule has 1 atom stereocenters. The molecule has 0 aliphatic heterocycles. The molecule has 0 fully saturated rings. The first kappa shape index (κ1) is 13.7. The number of carboxylic acids is 1. The van der Waals surface area contributed by atoms with E-state index in [1.165, 1.54) is 0 Å². The number of nitrogens with one attached hydrogen (secondary N) is 1. The summed E-state index contributed by atoms with van der Waals surface area (Å²) in [5.74, 6) is -0.928. The van der Waals surface area contributed by atoms with Crippen molar-refractivity contribution in [1.82, 2.24) is 5.32 Å². The van der Waals surface area contributed by atoms with Crippen LogP contribution >= 0.6 is 0 Å². The minimum absolute atomic E-state index is 0.122. The van der Waals surface area contributed by atoms with Gasteiger partial charge in [-0.2, -0.15) is 0 Å². The van der Waals surface area contributed by atoms with Crippen molar-refractivity contribution in [1.29, 1.82) is 0 Å². The number of benzene rings is 1. The second kappa shape index (κ2) is 6.37. The normalized spacial score (nSPS) is 14.2. The van der Waals surface area contributed by atoms with Crippen LogP contribution in [0.1, 0.15) is 18.9 Å². The van der Waals surface area contributed by atoms with Gasteiger partial charge in [0, 0.05) is 6.61 Å². The van der Waals surface area contributed by atoms with E-state index in [9.17, 15) is 9.90 Å². The average Bonchev–Trinajstić information content (AvgIpc) is 2.36. The summed E-state index contributed by atoms with van der Waals surface area (Å²) in [6.07, 6.45) is 0.869. The highest BCUT2D eigenvalue weighted by Crippen LogP contribution is 2.21. The summed E-state index contributed by atoms with van der Waals surface area (Å²) in [6, 6.07) is 9.09. The molecule has 0 heterocycles. The Hall–Kier alpha value is -1.39. The van der Waals surface area contributed by atoms with E-state index in [1.54, 1.807) is 19.2 Å². The number of carboxylic acid groups (broad SMARTS) is 1. The summed E-state index contributed by atoms with van der Waals surface area (Å²) in [5, 5.41) is 12.3. The lowest BCUT2D eigenvalue weighted by Gasteiger charge is -2.29. The Morgan fingerprint density at radius 3 is 2.53 bits per heavy atom. The van der Waals surface area contributed by atoms with Crippen molar-refractivity contribution in [3.05, 3.63) is 35.9 Å². The molecule has 4 heteroatoms. The molecule has 0 aliphatic carbocycles. The lowest BCUT2D eigenvalue weighted by molar-refractivity contribution is -0.148. The molecule has 17 heavy (non-hydrogen) atoms. The second-order valence-corrected chi connectivity index (χ2v) is 3.88. The van der Waals surface area contributed by atoms with E-state index in [-0.39, 0.29) is 6.61 Å². The Morgan fingerprint density at radius 2 is 2.06 bits per heavy atom. The van der Waals surface area contributed by atoms with Gasteiger partial charge in [-0.1, -0.05) is 37.3 Å². The highest BCUT2D eigenvalue weighted by Gasteiger charge is 2.39. The van der Waals surface area contributed by atoms with Gasteiger partial charge in [0.15, 0.2) is 5.54 Å². The van der Waals surface area contributed by atoms with Gasteiger partial charge in [0.2, 0.25) is 0 Å². The topological polar surface area (TPSA) is 58.6 Å². The smallest absolute Gasteiger partial charge is 0.330 e. The molecule has 0 saturated heterocycles. The zero-order valence-electron chi connectivity index (χ0n) is 10.3. The van der Waals surface area contributed by atoms with Gasteiger partial charge < -0.3 is 9.84 Å². The molecular weight excluding hydrogens is 218 g/mol. The predicted octanol–water partition coefficient (Wildman–Crippen LogP) is 1.61. The summed E-state index contributed by atoms with van der Waals surface area (Å²) >= 11 is 0. The van der Waals surface area contributed by atoms with Crippen molar-refractivity contribution >= 4 is 5.97 Å². The summed E-state index contributed by atoms with van der Waals surface area (Å²) < 4.78 is 5.41. The molecular formula is C13H19NO3. The van der Waals surface area contributed by atoms with Crippen LogP contribution < -0.4 is 5.32 Å². The summed E-state index contributed by atoms with van der Waals surface area (Å²) in [6.45, 7) is 2.67. The first-order chi connectivity index (χ1) is 8.17. The first-order valence-corrected chi connectivity index (χ1v) is 5.73. The lowest BCUT2D eigenvalue weighted by atomic mass is 9.91. The van der Waals surface area contributed by atoms with E-state index in [0.717, 1.165) is 6.42 Å². The molecule has 2 N–H and O–H groups in total. The zero-order chi connectivity index (χ0) is 12.7. The van der Waals surface area contributed by atoms with Crippen LogP contribution in [-0.4, -0.2) is 31.3 Å². The van der Waals surface area contributed by atoms with E-state index >= 15 is 0 Å². The van der Waals surface area contributed by atoms with Crippen LogP contribution in [0.3, 0.4) is 0 Å². The minimum Gasteiger partial charge on any atom is -0.480 e. The standard InChI is InChI=1S/C13H19NO3/c1-3-9-17-10-13(14-2,12(15)16)11-7-5-4-6-8-11/h4-8,14H,3,9-10H2,1-2H3,(H,15,16). The Bertz CT molecular complexity index is 353. The zero-order valence-corrected chi connectivity index (χ0v) is 10.3. The molecule has 1 aromatic rings. The number of rotatable bonds is 7. The van der Waals surface area contributed by atoms with Crippen LogP contribution in [0.25, 0.3) is 0 Å². The van der Waals surface area contributed by atoms with Gasteiger partial charge in [-0.3, -0.25) is 5.32 Å². The third-order valence-electron chi connectivity index (χ3n) is 2.73. The number of ether oxygens (including phenoxy) is 1. The molecule has 0 spiro atoms. The maximum Gasteiger partial charge on any atom is 0.330 e. The van der Waals surface area contributed by atoms with Gasteiger partial charge in [-0.05, 0) is 19.0 Å². The van der Waals surface area contributed by atoms with E-state index in [4.69, 9.17) is 4.74 Å².